The summed E-state index contributed by atoms with van der Waals surface area (Å²) in [7, 11) is 0. The fraction of sp³-hybridized carbons (Fsp3) is 0.133. The highest BCUT2D eigenvalue weighted by Crippen LogP contribution is 2.27. The topological polar surface area (TPSA) is 28.7 Å². The normalized spacial score (nSPS) is 11.1. The van der Waals surface area contributed by atoms with Gasteiger partial charge in [0.15, 0.2) is 0 Å². The largest absolute Gasteiger partial charge is 0.353 e. The van der Waals surface area contributed by atoms with E-state index in [0.717, 1.165) is 28.9 Å². The molecular weight excluding hydrogens is 263 g/mol. The second kappa shape index (κ2) is 4.67. The van der Waals surface area contributed by atoms with E-state index in [-0.39, 0.29) is 5.82 Å². The molecule has 4 heteroatoms. The molecule has 0 atom stereocenters. The number of nitrogens with one attached hydrogen (secondary N) is 1. The van der Waals surface area contributed by atoms with E-state index in [9.17, 15) is 4.39 Å². The lowest BCUT2D eigenvalue weighted by Crippen LogP contribution is -1.88. The van der Waals surface area contributed by atoms with Crippen molar-refractivity contribution in [2.75, 3.05) is 0 Å². The Morgan fingerprint density at radius 3 is 2.89 bits per heavy atom. The quantitative estimate of drug-likeness (QED) is 0.728. The van der Waals surface area contributed by atoms with Crippen molar-refractivity contribution in [2.45, 2.75) is 13.3 Å². The molecule has 2 aromatic heterocycles. The molecular formula is C15H12ClFN2. The molecule has 0 aliphatic heterocycles. The maximum absolute atomic E-state index is 13.7. The first-order valence-corrected chi connectivity index (χ1v) is 6.49. The number of H-pyrrole nitrogens is 1. The van der Waals surface area contributed by atoms with Crippen LogP contribution in [-0.4, -0.2) is 9.97 Å². The van der Waals surface area contributed by atoms with Crippen molar-refractivity contribution < 1.29 is 4.39 Å². The second-order valence-corrected chi connectivity index (χ2v) is 4.81. The molecule has 0 amide bonds. The third-order valence-corrected chi connectivity index (χ3v) is 3.54. The molecule has 2 heterocycles. The lowest BCUT2D eigenvalue weighted by Gasteiger charge is -2.03. The summed E-state index contributed by atoms with van der Waals surface area (Å²) in [6.45, 7) is 2.04. The average molecular weight is 275 g/mol. The van der Waals surface area contributed by atoms with Gasteiger partial charge in [-0.2, -0.15) is 0 Å². The highest BCUT2D eigenvalue weighted by atomic mass is 35.5. The van der Waals surface area contributed by atoms with Gasteiger partial charge in [0.05, 0.1) is 16.4 Å². The number of halogens is 2. The van der Waals surface area contributed by atoms with Crippen molar-refractivity contribution in [3.05, 3.63) is 52.9 Å². The molecule has 0 unspecified atom stereocenters. The summed E-state index contributed by atoms with van der Waals surface area (Å²) < 4.78 is 13.7. The molecule has 0 fully saturated rings. The lowest BCUT2D eigenvalue weighted by atomic mass is 10.1. The van der Waals surface area contributed by atoms with Gasteiger partial charge >= 0.3 is 0 Å². The molecule has 96 valence electrons. The van der Waals surface area contributed by atoms with Gasteiger partial charge in [-0.15, -0.1) is 0 Å². The number of aromatic nitrogens is 2. The Labute approximate surface area is 115 Å². The van der Waals surface area contributed by atoms with Crippen LogP contribution in [0.4, 0.5) is 4.39 Å². The molecule has 0 saturated carbocycles. The average Bonchev–Trinajstić information content (AvgIpc) is 2.85. The maximum atomic E-state index is 13.7. The standard InChI is InChI=1S/C15H12ClFN2/c1-2-9-6-14(18-8-11(9)16)15-7-10-12(17)4-3-5-13(10)19-15/h3-8,19H,2H2,1H3. The zero-order valence-electron chi connectivity index (χ0n) is 10.4. The van der Waals surface area contributed by atoms with Gasteiger partial charge in [0.1, 0.15) is 5.82 Å². The summed E-state index contributed by atoms with van der Waals surface area (Å²) in [6, 6.07) is 8.70. The van der Waals surface area contributed by atoms with Gasteiger partial charge in [-0.05, 0) is 36.2 Å². The Kier molecular flexibility index (Phi) is 2.99. The van der Waals surface area contributed by atoms with Crippen LogP contribution in [0.5, 0.6) is 0 Å². The van der Waals surface area contributed by atoms with Gasteiger partial charge in [-0.25, -0.2) is 4.39 Å². The number of fused-ring (bicyclic) bond motifs is 1. The number of pyridine rings is 1. The SMILES string of the molecule is CCc1cc(-c2cc3c(F)cccc3[nH]2)ncc1Cl. The second-order valence-electron chi connectivity index (χ2n) is 4.40. The molecule has 3 rings (SSSR count). The van der Waals surface area contributed by atoms with Crippen LogP contribution in [0.3, 0.4) is 0 Å². The smallest absolute Gasteiger partial charge is 0.132 e. The minimum Gasteiger partial charge on any atom is -0.353 e. The summed E-state index contributed by atoms with van der Waals surface area (Å²) in [6.07, 6.45) is 2.47. The van der Waals surface area contributed by atoms with E-state index in [0.29, 0.717) is 10.4 Å². The van der Waals surface area contributed by atoms with E-state index in [1.165, 1.54) is 6.07 Å². The van der Waals surface area contributed by atoms with Crippen molar-refractivity contribution in [2.24, 2.45) is 0 Å². The van der Waals surface area contributed by atoms with Gasteiger partial charge in [0.25, 0.3) is 0 Å². The predicted molar refractivity (Wildman–Crippen MR) is 75.9 cm³/mol. The number of aryl methyl sites for hydroxylation is 1. The van der Waals surface area contributed by atoms with Gasteiger partial charge in [0.2, 0.25) is 0 Å². The van der Waals surface area contributed by atoms with E-state index >= 15 is 0 Å². The number of aromatic amines is 1. The zero-order chi connectivity index (χ0) is 13.4. The van der Waals surface area contributed by atoms with E-state index in [2.05, 4.69) is 9.97 Å². The van der Waals surface area contributed by atoms with E-state index in [1.807, 2.05) is 19.1 Å². The highest BCUT2D eigenvalue weighted by Gasteiger charge is 2.09. The van der Waals surface area contributed by atoms with Crippen molar-refractivity contribution in [3.63, 3.8) is 0 Å². The molecule has 0 radical (unpaired) electrons. The summed E-state index contributed by atoms with van der Waals surface area (Å²) in [4.78, 5) is 7.47. The van der Waals surface area contributed by atoms with Crippen LogP contribution in [0.25, 0.3) is 22.3 Å². The molecule has 0 aliphatic carbocycles. The molecule has 0 spiro atoms. The number of nitrogens with zero attached hydrogens (tertiary/aromatic N) is 1. The first-order chi connectivity index (χ1) is 9.19. The lowest BCUT2D eigenvalue weighted by molar-refractivity contribution is 0.640. The van der Waals surface area contributed by atoms with Gasteiger partial charge in [-0.3, -0.25) is 4.98 Å². The predicted octanol–water partition coefficient (Wildman–Crippen LogP) is 4.58. The van der Waals surface area contributed by atoms with E-state index in [4.69, 9.17) is 11.6 Å². The highest BCUT2D eigenvalue weighted by molar-refractivity contribution is 6.31. The maximum Gasteiger partial charge on any atom is 0.132 e. The Morgan fingerprint density at radius 2 is 2.16 bits per heavy atom. The first-order valence-electron chi connectivity index (χ1n) is 6.11. The molecule has 1 aromatic carbocycles. The van der Waals surface area contributed by atoms with Gasteiger partial charge < -0.3 is 4.98 Å². The van der Waals surface area contributed by atoms with Gasteiger partial charge in [0, 0.05) is 17.1 Å². The minimum absolute atomic E-state index is 0.232. The van der Waals surface area contributed by atoms with Crippen molar-refractivity contribution in [3.8, 4) is 11.4 Å². The third kappa shape index (κ3) is 2.10. The van der Waals surface area contributed by atoms with Crippen LogP contribution < -0.4 is 0 Å². The molecule has 19 heavy (non-hydrogen) atoms. The molecule has 1 N–H and O–H groups in total. The van der Waals surface area contributed by atoms with Crippen LogP contribution in [0.15, 0.2) is 36.5 Å². The molecule has 0 saturated heterocycles. The van der Waals surface area contributed by atoms with Crippen LogP contribution in [-0.2, 0) is 6.42 Å². The van der Waals surface area contributed by atoms with Crippen molar-refractivity contribution in [1.82, 2.24) is 9.97 Å². The number of hydrogen-bond donors (Lipinski definition) is 1. The van der Waals surface area contributed by atoms with E-state index < -0.39 is 0 Å². The zero-order valence-corrected chi connectivity index (χ0v) is 11.1. The number of hydrogen-bond acceptors (Lipinski definition) is 1. The van der Waals surface area contributed by atoms with E-state index in [1.54, 1.807) is 18.3 Å². The molecule has 0 aliphatic rings. The summed E-state index contributed by atoms with van der Waals surface area (Å²) in [5.74, 6) is -0.232. The summed E-state index contributed by atoms with van der Waals surface area (Å²) >= 11 is 6.06. The monoisotopic (exact) mass is 274 g/mol. The molecule has 3 aromatic rings. The molecule has 2 nitrogen and oxygen atoms in total. The molecule has 0 bridgehead atoms. The Morgan fingerprint density at radius 1 is 1.32 bits per heavy atom. The van der Waals surface area contributed by atoms with Crippen LogP contribution in [0.1, 0.15) is 12.5 Å². The van der Waals surface area contributed by atoms with Crippen LogP contribution in [0, 0.1) is 5.82 Å². The summed E-state index contributed by atoms with van der Waals surface area (Å²) in [5, 5.41) is 1.24. The Hall–Kier alpha value is -1.87. The summed E-state index contributed by atoms with van der Waals surface area (Å²) in [5.41, 5.74) is 3.37. The van der Waals surface area contributed by atoms with Gasteiger partial charge in [-0.1, -0.05) is 24.6 Å². The number of benzene rings is 1. The fourth-order valence-corrected chi connectivity index (χ4v) is 2.39. The number of rotatable bonds is 2. The fourth-order valence-electron chi connectivity index (χ4n) is 2.15. The first kappa shape index (κ1) is 12.2. The minimum atomic E-state index is -0.232. The Balaban J connectivity index is 2.16. The van der Waals surface area contributed by atoms with Crippen molar-refractivity contribution in [1.29, 1.82) is 0 Å². The third-order valence-electron chi connectivity index (χ3n) is 3.20. The van der Waals surface area contributed by atoms with Crippen molar-refractivity contribution >= 4 is 22.5 Å². The Bertz CT molecular complexity index is 749. The van der Waals surface area contributed by atoms with Crippen LogP contribution in [0.2, 0.25) is 5.02 Å². The van der Waals surface area contributed by atoms with Crippen LogP contribution >= 0.6 is 11.6 Å².